The zero-order valence-corrected chi connectivity index (χ0v) is 13.1. The Labute approximate surface area is 139 Å². The molecule has 0 radical (unpaired) electrons. The van der Waals surface area contributed by atoms with Crippen molar-refractivity contribution in [1.29, 1.82) is 0 Å². The maximum Gasteiger partial charge on any atom is 0.337 e. The van der Waals surface area contributed by atoms with E-state index in [9.17, 15) is 19.5 Å². The number of aliphatic carboxylic acids is 1. The van der Waals surface area contributed by atoms with Crippen molar-refractivity contribution in [1.82, 2.24) is 5.32 Å². The average molecular weight is 327 g/mol. The summed E-state index contributed by atoms with van der Waals surface area (Å²) in [6.45, 7) is 0. The minimum atomic E-state index is -1.13. The molecule has 1 atom stereocenters. The van der Waals surface area contributed by atoms with E-state index >= 15 is 0 Å². The van der Waals surface area contributed by atoms with Crippen LogP contribution in [0.1, 0.15) is 26.3 Å². The zero-order chi connectivity index (χ0) is 17.5. The summed E-state index contributed by atoms with van der Waals surface area (Å²) < 4.78 is 4.60. The molecule has 0 saturated heterocycles. The van der Waals surface area contributed by atoms with Crippen LogP contribution in [0.4, 0.5) is 0 Å². The number of nitrogens with one attached hydrogen (secondary N) is 1. The maximum absolute atomic E-state index is 12.3. The molecule has 6 nitrogen and oxygen atoms in total. The molecule has 0 aliphatic carbocycles. The van der Waals surface area contributed by atoms with Crippen LogP contribution in [0.2, 0.25) is 0 Å². The Morgan fingerprint density at radius 2 is 1.71 bits per heavy atom. The molecule has 0 unspecified atom stereocenters. The van der Waals surface area contributed by atoms with E-state index in [0.717, 1.165) is 5.56 Å². The highest BCUT2D eigenvalue weighted by Crippen LogP contribution is 2.09. The monoisotopic (exact) mass is 327 g/mol. The molecule has 0 bridgehead atoms. The van der Waals surface area contributed by atoms with E-state index in [0.29, 0.717) is 0 Å². The highest BCUT2D eigenvalue weighted by Gasteiger charge is 2.21. The molecule has 2 aromatic rings. The average Bonchev–Trinajstić information content (AvgIpc) is 2.61. The lowest BCUT2D eigenvalue weighted by molar-refractivity contribution is -0.139. The largest absolute Gasteiger partial charge is 0.480 e. The molecule has 6 heteroatoms. The number of amides is 1. The molecule has 0 aliphatic rings. The fourth-order valence-electron chi connectivity index (χ4n) is 2.20. The molecule has 2 aromatic carbocycles. The quantitative estimate of drug-likeness (QED) is 0.791. The van der Waals surface area contributed by atoms with E-state index in [2.05, 4.69) is 10.1 Å². The second-order valence-corrected chi connectivity index (χ2v) is 5.13. The minimum Gasteiger partial charge on any atom is -0.480 e. The molecule has 0 spiro atoms. The molecule has 124 valence electrons. The summed E-state index contributed by atoms with van der Waals surface area (Å²) >= 11 is 0. The van der Waals surface area contributed by atoms with Crippen molar-refractivity contribution >= 4 is 17.8 Å². The van der Waals surface area contributed by atoms with Crippen LogP contribution in [0.5, 0.6) is 0 Å². The highest BCUT2D eigenvalue weighted by atomic mass is 16.5. The molecule has 0 heterocycles. The van der Waals surface area contributed by atoms with Crippen molar-refractivity contribution in [2.75, 3.05) is 7.11 Å². The molecule has 1 amide bonds. The summed E-state index contributed by atoms with van der Waals surface area (Å²) in [5.41, 5.74) is 1.21. The molecular formula is C18H17NO5. The van der Waals surface area contributed by atoms with Crippen molar-refractivity contribution in [3.8, 4) is 0 Å². The first-order chi connectivity index (χ1) is 11.5. The molecule has 0 fully saturated rings. The topological polar surface area (TPSA) is 92.7 Å². The first-order valence-electron chi connectivity index (χ1n) is 7.27. The fourth-order valence-corrected chi connectivity index (χ4v) is 2.20. The number of benzene rings is 2. The lowest BCUT2D eigenvalue weighted by atomic mass is 10.0. The summed E-state index contributed by atoms with van der Waals surface area (Å²) in [7, 11) is 1.25. The molecule has 0 aromatic heterocycles. The van der Waals surface area contributed by atoms with Gasteiger partial charge in [0.05, 0.1) is 12.7 Å². The van der Waals surface area contributed by atoms with E-state index in [1.165, 1.54) is 31.4 Å². The van der Waals surface area contributed by atoms with Gasteiger partial charge in [0.25, 0.3) is 5.91 Å². The van der Waals surface area contributed by atoms with E-state index in [1.54, 1.807) is 24.3 Å². The van der Waals surface area contributed by atoms with Crippen LogP contribution < -0.4 is 5.32 Å². The molecule has 0 saturated carbocycles. The number of rotatable bonds is 6. The third-order valence-corrected chi connectivity index (χ3v) is 3.43. The number of hydrogen-bond donors (Lipinski definition) is 2. The van der Waals surface area contributed by atoms with E-state index in [-0.39, 0.29) is 17.5 Å². The molecule has 24 heavy (non-hydrogen) atoms. The third-order valence-electron chi connectivity index (χ3n) is 3.43. The number of carbonyl (C=O) groups is 3. The van der Waals surface area contributed by atoms with Gasteiger partial charge in [-0.1, -0.05) is 36.4 Å². The Bertz CT molecular complexity index is 742. The van der Waals surface area contributed by atoms with E-state index in [1.807, 2.05) is 6.07 Å². The van der Waals surface area contributed by atoms with Gasteiger partial charge >= 0.3 is 11.9 Å². The van der Waals surface area contributed by atoms with Crippen molar-refractivity contribution in [2.45, 2.75) is 12.5 Å². The molecule has 0 aliphatic heterocycles. The maximum atomic E-state index is 12.3. The first-order valence-corrected chi connectivity index (χ1v) is 7.27. The van der Waals surface area contributed by atoms with Gasteiger partial charge in [0.15, 0.2) is 0 Å². The van der Waals surface area contributed by atoms with Crippen molar-refractivity contribution < 1.29 is 24.2 Å². The number of carboxylic acids is 1. The van der Waals surface area contributed by atoms with Gasteiger partial charge in [-0.25, -0.2) is 9.59 Å². The smallest absolute Gasteiger partial charge is 0.337 e. The summed E-state index contributed by atoms with van der Waals surface area (Å²) in [4.78, 5) is 35.2. The van der Waals surface area contributed by atoms with Crippen LogP contribution in [0.15, 0.2) is 54.6 Å². The van der Waals surface area contributed by atoms with Gasteiger partial charge in [-0.15, -0.1) is 0 Å². The Kier molecular flexibility index (Phi) is 5.68. The Morgan fingerprint density at radius 3 is 2.33 bits per heavy atom. The minimum absolute atomic E-state index is 0.165. The van der Waals surface area contributed by atoms with Gasteiger partial charge in [0.2, 0.25) is 0 Å². The number of carbonyl (C=O) groups excluding carboxylic acids is 2. The van der Waals surface area contributed by atoms with Crippen molar-refractivity contribution in [2.24, 2.45) is 0 Å². The summed E-state index contributed by atoms with van der Waals surface area (Å²) in [5.74, 6) is -2.26. The van der Waals surface area contributed by atoms with E-state index < -0.39 is 23.9 Å². The predicted octanol–water partition coefficient (Wildman–Crippen LogP) is 1.90. The summed E-state index contributed by atoms with van der Waals surface area (Å²) in [6, 6.07) is 13.9. The fraction of sp³-hybridized carbons (Fsp3) is 0.167. The van der Waals surface area contributed by atoms with Crippen LogP contribution in [-0.4, -0.2) is 36.1 Å². The second-order valence-electron chi connectivity index (χ2n) is 5.13. The number of esters is 1. The Morgan fingerprint density at radius 1 is 1.04 bits per heavy atom. The van der Waals surface area contributed by atoms with Gasteiger partial charge < -0.3 is 15.2 Å². The van der Waals surface area contributed by atoms with Crippen LogP contribution in [0.3, 0.4) is 0 Å². The lowest BCUT2D eigenvalue weighted by Gasteiger charge is -2.15. The Balaban J connectivity index is 2.13. The van der Waals surface area contributed by atoms with Gasteiger partial charge in [0, 0.05) is 12.0 Å². The third kappa shape index (κ3) is 4.42. The molecular weight excluding hydrogens is 310 g/mol. The number of methoxy groups -OCH3 is 1. The summed E-state index contributed by atoms with van der Waals surface area (Å²) in [6.07, 6.45) is 0.165. The number of ether oxygens (including phenoxy) is 1. The standard InChI is InChI=1S/C18H17NO5/c1-24-18(23)14-9-5-8-13(11-14)16(20)19-15(17(21)22)10-12-6-3-2-4-7-12/h2-9,11,15H,10H2,1H3,(H,19,20)(H,21,22)/t15-/m1/s1. The van der Waals surface area contributed by atoms with Crippen LogP contribution >= 0.6 is 0 Å². The second kappa shape index (κ2) is 7.92. The number of hydrogen-bond acceptors (Lipinski definition) is 4. The highest BCUT2D eigenvalue weighted by molar-refractivity contribution is 5.99. The van der Waals surface area contributed by atoms with Crippen LogP contribution in [0, 0.1) is 0 Å². The van der Waals surface area contributed by atoms with Gasteiger partial charge in [-0.3, -0.25) is 4.79 Å². The summed E-state index contributed by atoms with van der Waals surface area (Å²) in [5, 5.41) is 11.8. The van der Waals surface area contributed by atoms with Crippen LogP contribution in [-0.2, 0) is 16.0 Å². The van der Waals surface area contributed by atoms with E-state index in [4.69, 9.17) is 0 Å². The van der Waals surface area contributed by atoms with Gasteiger partial charge in [-0.2, -0.15) is 0 Å². The Hall–Kier alpha value is -3.15. The molecule has 2 N–H and O–H groups in total. The SMILES string of the molecule is COC(=O)c1cccc(C(=O)N[C@H](Cc2ccccc2)C(=O)O)c1. The molecule has 2 rings (SSSR count). The van der Waals surface area contributed by atoms with Crippen molar-refractivity contribution in [3.05, 3.63) is 71.3 Å². The van der Waals surface area contributed by atoms with Crippen molar-refractivity contribution in [3.63, 3.8) is 0 Å². The first kappa shape index (κ1) is 17.2. The number of carboxylic acid groups (broad SMARTS) is 1. The predicted molar refractivity (Wildman–Crippen MR) is 86.8 cm³/mol. The van der Waals surface area contributed by atoms with Gasteiger partial charge in [-0.05, 0) is 23.8 Å². The van der Waals surface area contributed by atoms with Crippen LogP contribution in [0.25, 0.3) is 0 Å². The zero-order valence-electron chi connectivity index (χ0n) is 13.1. The van der Waals surface area contributed by atoms with Gasteiger partial charge in [0.1, 0.15) is 6.04 Å². The normalized spacial score (nSPS) is 11.4. The lowest BCUT2D eigenvalue weighted by Crippen LogP contribution is -2.42.